The Kier molecular flexibility index (Phi) is 4.48. The molecule has 0 aromatic carbocycles. The van der Waals surface area contributed by atoms with Crippen LogP contribution >= 0.6 is 0 Å². The van der Waals surface area contributed by atoms with Crippen LogP contribution in [0.25, 0.3) is 0 Å². The predicted molar refractivity (Wildman–Crippen MR) is 56.7 cm³/mol. The maximum absolute atomic E-state index is 11.6. The Labute approximate surface area is 85.9 Å². The maximum Gasteiger partial charge on any atom is 0.234 e. The smallest absolute Gasteiger partial charge is 0.234 e. The van der Waals surface area contributed by atoms with Crippen molar-refractivity contribution in [1.29, 1.82) is 0 Å². The van der Waals surface area contributed by atoms with Crippen molar-refractivity contribution in [1.82, 2.24) is 10.2 Å². The Bertz CT molecular complexity index is 226. The second-order valence-electron chi connectivity index (χ2n) is 3.56. The third kappa shape index (κ3) is 2.74. The Morgan fingerprint density at radius 1 is 1.71 bits per heavy atom. The molecule has 0 aliphatic carbocycles. The van der Waals surface area contributed by atoms with E-state index in [1.807, 2.05) is 11.8 Å². The van der Waals surface area contributed by atoms with Crippen molar-refractivity contribution in [3.8, 4) is 12.3 Å². The summed E-state index contributed by atoms with van der Waals surface area (Å²) in [6.07, 6.45) is 7.60. The van der Waals surface area contributed by atoms with Crippen LogP contribution in [0.1, 0.15) is 26.2 Å². The van der Waals surface area contributed by atoms with Gasteiger partial charge in [-0.3, -0.25) is 4.79 Å². The van der Waals surface area contributed by atoms with Gasteiger partial charge in [0.2, 0.25) is 5.91 Å². The van der Waals surface area contributed by atoms with Crippen LogP contribution in [0.15, 0.2) is 0 Å². The van der Waals surface area contributed by atoms with Crippen molar-refractivity contribution in [2.45, 2.75) is 32.2 Å². The van der Waals surface area contributed by atoms with Gasteiger partial charge in [0, 0.05) is 19.1 Å². The fraction of sp³-hybridized carbons (Fsp3) is 0.727. The van der Waals surface area contributed by atoms with E-state index in [1.54, 1.807) is 0 Å². The van der Waals surface area contributed by atoms with E-state index in [2.05, 4.69) is 11.2 Å². The second kappa shape index (κ2) is 5.66. The molecule has 0 bridgehead atoms. The number of carbonyl (C=O) groups is 1. The van der Waals surface area contributed by atoms with E-state index in [-0.39, 0.29) is 12.3 Å². The average molecular weight is 194 g/mol. The summed E-state index contributed by atoms with van der Waals surface area (Å²) in [6, 6.07) is 0.342. The second-order valence-corrected chi connectivity index (χ2v) is 3.56. The molecule has 0 aromatic rings. The van der Waals surface area contributed by atoms with E-state index in [1.165, 1.54) is 0 Å². The van der Waals surface area contributed by atoms with Crippen LogP contribution in [-0.4, -0.2) is 36.5 Å². The number of carbonyl (C=O) groups excluding carboxylic acids is 1. The van der Waals surface area contributed by atoms with E-state index in [9.17, 15) is 4.79 Å². The standard InChI is InChI=1S/C11H18N2O/c1-3-6-11(14)13(4-2)10-7-5-8-12-9-10/h1,10,12H,4-9H2,2H3. The SMILES string of the molecule is C#CCC(=O)N(CC)C1CCCNC1. The zero-order chi connectivity index (χ0) is 10.4. The van der Waals surface area contributed by atoms with Gasteiger partial charge >= 0.3 is 0 Å². The predicted octanol–water partition coefficient (Wildman–Crippen LogP) is 0.610. The van der Waals surface area contributed by atoms with Gasteiger partial charge in [0.1, 0.15) is 0 Å². The number of piperidine rings is 1. The lowest BCUT2D eigenvalue weighted by Crippen LogP contribution is -2.48. The minimum atomic E-state index is 0.0868. The highest BCUT2D eigenvalue weighted by Crippen LogP contribution is 2.11. The number of amides is 1. The summed E-state index contributed by atoms with van der Waals surface area (Å²) in [4.78, 5) is 13.5. The van der Waals surface area contributed by atoms with Crippen molar-refractivity contribution >= 4 is 5.91 Å². The molecule has 1 unspecified atom stereocenters. The fourth-order valence-corrected chi connectivity index (χ4v) is 1.93. The molecule has 1 aliphatic rings. The molecule has 0 radical (unpaired) electrons. The molecule has 3 heteroatoms. The van der Waals surface area contributed by atoms with Gasteiger partial charge in [0.15, 0.2) is 0 Å². The fourth-order valence-electron chi connectivity index (χ4n) is 1.93. The van der Waals surface area contributed by atoms with E-state index >= 15 is 0 Å². The van der Waals surface area contributed by atoms with E-state index in [0.717, 1.165) is 32.5 Å². The van der Waals surface area contributed by atoms with Crippen molar-refractivity contribution in [2.24, 2.45) is 0 Å². The normalized spacial score (nSPS) is 21.3. The molecule has 1 fully saturated rings. The highest BCUT2D eigenvalue weighted by atomic mass is 16.2. The Hall–Kier alpha value is -1.01. The molecular weight excluding hydrogens is 176 g/mol. The Morgan fingerprint density at radius 3 is 3.00 bits per heavy atom. The number of nitrogens with zero attached hydrogens (tertiary/aromatic N) is 1. The summed E-state index contributed by atoms with van der Waals surface area (Å²) in [6.45, 7) is 4.73. The highest BCUT2D eigenvalue weighted by Gasteiger charge is 2.22. The van der Waals surface area contributed by atoms with Crippen LogP contribution in [-0.2, 0) is 4.79 Å². The zero-order valence-corrected chi connectivity index (χ0v) is 8.75. The van der Waals surface area contributed by atoms with Crippen molar-refractivity contribution in [3.05, 3.63) is 0 Å². The largest absolute Gasteiger partial charge is 0.338 e. The monoisotopic (exact) mass is 194 g/mol. The van der Waals surface area contributed by atoms with Gasteiger partial charge in [-0.1, -0.05) is 5.92 Å². The van der Waals surface area contributed by atoms with Crippen LogP contribution in [0.2, 0.25) is 0 Å². The van der Waals surface area contributed by atoms with Crippen LogP contribution in [0.4, 0.5) is 0 Å². The molecule has 3 nitrogen and oxygen atoms in total. The number of terminal acetylenes is 1. The number of likely N-dealkylation sites (N-methyl/N-ethyl adjacent to an activating group) is 1. The van der Waals surface area contributed by atoms with E-state index in [4.69, 9.17) is 6.42 Å². The zero-order valence-electron chi connectivity index (χ0n) is 8.75. The first kappa shape index (κ1) is 11.1. The maximum atomic E-state index is 11.6. The molecule has 1 saturated heterocycles. The van der Waals surface area contributed by atoms with Gasteiger partial charge < -0.3 is 10.2 Å². The molecule has 1 atom stereocenters. The van der Waals surface area contributed by atoms with Crippen LogP contribution < -0.4 is 5.32 Å². The van der Waals surface area contributed by atoms with E-state index < -0.39 is 0 Å². The molecule has 14 heavy (non-hydrogen) atoms. The van der Waals surface area contributed by atoms with Crippen molar-refractivity contribution in [2.75, 3.05) is 19.6 Å². The molecule has 78 valence electrons. The molecule has 1 N–H and O–H groups in total. The third-order valence-electron chi connectivity index (χ3n) is 2.63. The third-order valence-corrected chi connectivity index (χ3v) is 2.63. The number of hydrogen-bond donors (Lipinski definition) is 1. The summed E-state index contributed by atoms with van der Waals surface area (Å²) in [5.74, 6) is 2.50. The first-order valence-corrected chi connectivity index (χ1v) is 5.23. The van der Waals surface area contributed by atoms with E-state index in [0.29, 0.717) is 6.04 Å². The minimum Gasteiger partial charge on any atom is -0.338 e. The van der Waals surface area contributed by atoms with Gasteiger partial charge in [-0.05, 0) is 26.3 Å². The summed E-state index contributed by atoms with van der Waals surface area (Å²) < 4.78 is 0. The van der Waals surface area contributed by atoms with Gasteiger partial charge in [-0.2, -0.15) is 0 Å². The summed E-state index contributed by atoms with van der Waals surface area (Å²) in [5, 5.41) is 3.30. The van der Waals surface area contributed by atoms with Crippen molar-refractivity contribution < 1.29 is 4.79 Å². The number of rotatable bonds is 3. The van der Waals surface area contributed by atoms with Crippen LogP contribution in [0.5, 0.6) is 0 Å². The molecule has 0 spiro atoms. The quantitative estimate of drug-likeness (QED) is 0.668. The summed E-state index contributed by atoms with van der Waals surface area (Å²) in [7, 11) is 0. The minimum absolute atomic E-state index is 0.0868. The molecule has 1 amide bonds. The summed E-state index contributed by atoms with van der Waals surface area (Å²) in [5.41, 5.74) is 0. The Balaban J connectivity index is 2.51. The van der Waals surface area contributed by atoms with Gasteiger partial charge in [-0.25, -0.2) is 0 Å². The first-order valence-electron chi connectivity index (χ1n) is 5.23. The molecule has 1 aliphatic heterocycles. The first-order chi connectivity index (χ1) is 6.79. The average Bonchev–Trinajstić information content (AvgIpc) is 2.21. The highest BCUT2D eigenvalue weighted by molar-refractivity contribution is 5.78. The lowest BCUT2D eigenvalue weighted by Gasteiger charge is -2.33. The van der Waals surface area contributed by atoms with Crippen LogP contribution in [0.3, 0.4) is 0 Å². The molecule has 1 heterocycles. The van der Waals surface area contributed by atoms with Gasteiger partial charge in [-0.15, -0.1) is 6.42 Å². The van der Waals surface area contributed by atoms with Crippen LogP contribution in [0, 0.1) is 12.3 Å². The van der Waals surface area contributed by atoms with Gasteiger partial charge in [0.25, 0.3) is 0 Å². The molecule has 0 aromatic heterocycles. The molecular formula is C11H18N2O. The molecule has 0 saturated carbocycles. The number of hydrogen-bond acceptors (Lipinski definition) is 2. The lowest BCUT2D eigenvalue weighted by atomic mass is 10.1. The molecule has 1 rings (SSSR count). The lowest BCUT2D eigenvalue weighted by molar-refractivity contribution is -0.132. The van der Waals surface area contributed by atoms with Crippen molar-refractivity contribution in [3.63, 3.8) is 0 Å². The van der Waals surface area contributed by atoms with Gasteiger partial charge in [0.05, 0.1) is 6.42 Å². The topological polar surface area (TPSA) is 32.3 Å². The number of nitrogens with one attached hydrogen (secondary N) is 1. The summed E-state index contributed by atoms with van der Waals surface area (Å²) >= 11 is 0. The Morgan fingerprint density at radius 2 is 2.50 bits per heavy atom.